The second-order valence-electron chi connectivity index (χ2n) is 9.80. The van der Waals surface area contributed by atoms with E-state index in [1.165, 1.54) is 29.2 Å². The Hall–Kier alpha value is -5.25. The lowest BCUT2D eigenvalue weighted by atomic mass is 9.95. The average Bonchev–Trinajstić information content (AvgIpc) is 3.58. The van der Waals surface area contributed by atoms with Crippen LogP contribution in [0.2, 0.25) is 0 Å². The molecule has 1 unspecified atom stereocenters. The number of rotatable bonds is 10. The van der Waals surface area contributed by atoms with Crippen molar-refractivity contribution in [1.82, 2.24) is 14.5 Å². The number of aliphatic hydroxyl groups excluding tert-OH is 1. The van der Waals surface area contributed by atoms with Gasteiger partial charge in [0, 0.05) is 43.2 Å². The van der Waals surface area contributed by atoms with Gasteiger partial charge >= 0.3 is 0 Å². The zero-order valence-electron chi connectivity index (χ0n) is 22.3. The van der Waals surface area contributed by atoms with Gasteiger partial charge in [-0.1, -0.05) is 29.8 Å². The number of aromatic nitrogens is 2. The number of aryl methyl sites for hydroxylation is 2. The third-order valence-electron chi connectivity index (χ3n) is 6.95. The molecule has 0 saturated carbocycles. The third kappa shape index (κ3) is 6.01. The molecule has 2 heterocycles. The fourth-order valence-corrected chi connectivity index (χ4v) is 4.91. The van der Waals surface area contributed by atoms with Crippen LogP contribution < -0.4 is 4.74 Å². The van der Waals surface area contributed by atoms with Crippen LogP contribution in [0.5, 0.6) is 5.75 Å². The molecule has 0 aliphatic carbocycles. The number of likely N-dealkylation sites (tertiary alicyclic amines) is 1. The fourth-order valence-electron chi connectivity index (χ4n) is 4.91. The Kier molecular flexibility index (Phi) is 7.91. The number of carbonyl (C=O) groups is 2. The van der Waals surface area contributed by atoms with E-state index >= 15 is 0 Å². The van der Waals surface area contributed by atoms with Crippen molar-refractivity contribution in [3.8, 4) is 5.75 Å². The van der Waals surface area contributed by atoms with Crippen LogP contribution in [0.4, 0.5) is 5.69 Å². The molecule has 3 aromatic carbocycles. The fraction of sp³-hybridized carbons (Fsp3) is 0.194. The quantitative estimate of drug-likeness (QED) is 0.0943. The Balaban J connectivity index is 1.43. The summed E-state index contributed by atoms with van der Waals surface area (Å²) in [4.78, 5) is 42.6. The topological polar surface area (TPSA) is 128 Å². The molecule has 1 fully saturated rings. The molecule has 1 N–H and O–H groups in total. The van der Waals surface area contributed by atoms with Gasteiger partial charge in [-0.15, -0.1) is 0 Å². The predicted octanol–water partition coefficient (Wildman–Crippen LogP) is 5.19. The van der Waals surface area contributed by atoms with Crippen molar-refractivity contribution in [2.24, 2.45) is 0 Å². The maximum absolute atomic E-state index is 13.3. The van der Waals surface area contributed by atoms with Crippen molar-refractivity contribution in [1.29, 1.82) is 0 Å². The first-order valence-corrected chi connectivity index (χ1v) is 13.1. The molecule has 1 atom stereocenters. The zero-order valence-corrected chi connectivity index (χ0v) is 22.3. The number of imidazole rings is 1. The van der Waals surface area contributed by atoms with Crippen LogP contribution >= 0.6 is 0 Å². The summed E-state index contributed by atoms with van der Waals surface area (Å²) in [6, 6.07) is 19.4. The Labute approximate surface area is 236 Å². The summed E-state index contributed by atoms with van der Waals surface area (Å²) in [5, 5.41) is 22.5. The van der Waals surface area contributed by atoms with Crippen molar-refractivity contribution in [2.45, 2.75) is 32.5 Å². The van der Waals surface area contributed by atoms with Gasteiger partial charge in [0.1, 0.15) is 18.1 Å². The van der Waals surface area contributed by atoms with Crippen LogP contribution in [0, 0.1) is 17.0 Å². The summed E-state index contributed by atoms with van der Waals surface area (Å²) in [6.07, 6.45) is 5.65. The van der Waals surface area contributed by atoms with Gasteiger partial charge in [0.15, 0.2) is 0 Å². The first-order valence-electron chi connectivity index (χ1n) is 13.1. The van der Waals surface area contributed by atoms with E-state index in [4.69, 9.17) is 4.74 Å². The Morgan fingerprint density at radius 1 is 1.05 bits per heavy atom. The Morgan fingerprint density at radius 2 is 1.80 bits per heavy atom. The maximum atomic E-state index is 13.3. The van der Waals surface area contributed by atoms with E-state index in [1.807, 2.05) is 35.8 Å². The largest absolute Gasteiger partial charge is 0.507 e. The SMILES string of the molecule is Cc1cccc(COc2ccc(C(O)=C3C(=O)C(=O)N(CCCn4ccnc4)C3c3ccc([N+](=O)[O-])cc3)cc2)c1. The lowest BCUT2D eigenvalue weighted by Crippen LogP contribution is -2.31. The van der Waals surface area contributed by atoms with Crippen LogP contribution in [-0.2, 0) is 22.7 Å². The number of ether oxygens (including phenoxy) is 1. The van der Waals surface area contributed by atoms with E-state index in [-0.39, 0.29) is 23.6 Å². The summed E-state index contributed by atoms with van der Waals surface area (Å²) >= 11 is 0. The van der Waals surface area contributed by atoms with Gasteiger partial charge in [0.25, 0.3) is 17.4 Å². The molecule has 1 saturated heterocycles. The molecule has 1 amide bonds. The Bertz CT molecular complexity index is 1590. The molecule has 41 heavy (non-hydrogen) atoms. The lowest BCUT2D eigenvalue weighted by Gasteiger charge is -2.25. The number of hydrogen-bond acceptors (Lipinski definition) is 7. The third-order valence-corrected chi connectivity index (χ3v) is 6.95. The van der Waals surface area contributed by atoms with E-state index in [1.54, 1.807) is 43.0 Å². The molecule has 1 aliphatic heterocycles. The normalized spacial score (nSPS) is 16.2. The second-order valence-corrected chi connectivity index (χ2v) is 9.80. The molecule has 4 aromatic rings. The number of nitro groups is 1. The number of benzene rings is 3. The molecule has 5 rings (SSSR count). The minimum absolute atomic E-state index is 0.0695. The number of Topliss-reactive ketones (excluding diaryl/α,β-unsaturated/α-hetero) is 1. The highest BCUT2D eigenvalue weighted by atomic mass is 16.6. The highest BCUT2D eigenvalue weighted by molar-refractivity contribution is 6.46. The van der Waals surface area contributed by atoms with Crippen LogP contribution in [-0.4, -0.2) is 42.7 Å². The highest BCUT2D eigenvalue weighted by Gasteiger charge is 2.45. The number of ketones is 1. The van der Waals surface area contributed by atoms with Gasteiger partial charge in [-0.3, -0.25) is 19.7 Å². The van der Waals surface area contributed by atoms with Crippen LogP contribution in [0.1, 0.15) is 34.7 Å². The maximum Gasteiger partial charge on any atom is 0.295 e. The molecule has 1 aromatic heterocycles. The molecule has 0 radical (unpaired) electrons. The zero-order chi connectivity index (χ0) is 28.9. The van der Waals surface area contributed by atoms with E-state index in [0.717, 1.165) is 11.1 Å². The molecule has 0 bridgehead atoms. The van der Waals surface area contributed by atoms with Crippen molar-refractivity contribution in [3.05, 3.63) is 129 Å². The minimum atomic E-state index is -0.907. The summed E-state index contributed by atoms with van der Waals surface area (Å²) < 4.78 is 7.73. The smallest absolute Gasteiger partial charge is 0.295 e. The summed E-state index contributed by atoms with van der Waals surface area (Å²) in [6.45, 7) is 3.18. The van der Waals surface area contributed by atoms with Gasteiger partial charge in [-0.2, -0.15) is 0 Å². The molecular weight excluding hydrogens is 524 g/mol. The van der Waals surface area contributed by atoms with Crippen LogP contribution in [0.15, 0.2) is 97.1 Å². The predicted molar refractivity (Wildman–Crippen MR) is 151 cm³/mol. The highest BCUT2D eigenvalue weighted by Crippen LogP contribution is 2.40. The van der Waals surface area contributed by atoms with Gasteiger partial charge in [0.05, 0.1) is 22.9 Å². The van der Waals surface area contributed by atoms with Crippen molar-refractivity contribution < 1.29 is 24.4 Å². The van der Waals surface area contributed by atoms with Crippen LogP contribution in [0.3, 0.4) is 0 Å². The van der Waals surface area contributed by atoms with E-state index < -0.39 is 22.7 Å². The van der Waals surface area contributed by atoms with Crippen molar-refractivity contribution in [3.63, 3.8) is 0 Å². The summed E-state index contributed by atoms with van der Waals surface area (Å²) in [7, 11) is 0. The Morgan fingerprint density at radius 3 is 2.46 bits per heavy atom. The van der Waals surface area contributed by atoms with Gasteiger partial charge in [0.2, 0.25) is 0 Å². The van der Waals surface area contributed by atoms with Gasteiger partial charge in [-0.25, -0.2) is 4.98 Å². The first-order chi connectivity index (χ1) is 19.8. The minimum Gasteiger partial charge on any atom is -0.507 e. The molecule has 0 spiro atoms. The first kappa shape index (κ1) is 27.3. The second kappa shape index (κ2) is 11.9. The molecule has 208 valence electrons. The number of hydrogen-bond donors (Lipinski definition) is 1. The van der Waals surface area contributed by atoms with Crippen molar-refractivity contribution >= 4 is 23.1 Å². The number of nitrogens with zero attached hydrogens (tertiary/aromatic N) is 4. The molecule has 10 heteroatoms. The van der Waals surface area contributed by atoms with Crippen LogP contribution in [0.25, 0.3) is 5.76 Å². The number of nitro benzene ring substituents is 1. The van der Waals surface area contributed by atoms with Gasteiger partial charge in [-0.05, 0) is 60.9 Å². The monoisotopic (exact) mass is 552 g/mol. The van der Waals surface area contributed by atoms with Crippen molar-refractivity contribution in [2.75, 3.05) is 6.54 Å². The summed E-state index contributed by atoms with van der Waals surface area (Å²) in [5.74, 6) is -1.30. The summed E-state index contributed by atoms with van der Waals surface area (Å²) in [5.41, 5.74) is 2.79. The standard InChI is InChI=1S/C31H28N4O6/c1-21-4-2-5-22(18-21)19-41-26-12-8-24(9-13-26)29(36)27-28(23-6-10-25(11-7-23)35(39)40)34(31(38)30(27)37)16-3-15-33-17-14-32-20-33/h2,4-14,17-18,20,28,36H,3,15-16,19H2,1H3. The van der Waals surface area contributed by atoms with Gasteiger partial charge < -0.3 is 19.3 Å². The van der Waals surface area contributed by atoms with E-state index in [0.29, 0.717) is 36.4 Å². The number of amides is 1. The number of carbonyl (C=O) groups excluding carboxylic acids is 2. The molecule has 1 aliphatic rings. The molecular formula is C31H28N4O6. The molecule has 10 nitrogen and oxygen atoms in total. The number of aliphatic hydroxyl groups is 1. The number of non-ortho nitro benzene ring substituents is 1. The lowest BCUT2D eigenvalue weighted by molar-refractivity contribution is -0.384. The van der Waals surface area contributed by atoms with E-state index in [9.17, 15) is 24.8 Å². The average molecular weight is 553 g/mol. The van der Waals surface area contributed by atoms with E-state index in [2.05, 4.69) is 4.98 Å².